The Balaban J connectivity index is 1.61. The van der Waals surface area contributed by atoms with Gasteiger partial charge < -0.3 is 5.32 Å². The summed E-state index contributed by atoms with van der Waals surface area (Å²) in [6.07, 6.45) is -0.0888. The van der Waals surface area contributed by atoms with Gasteiger partial charge in [-0.3, -0.25) is 9.30 Å². The van der Waals surface area contributed by atoms with Crippen LogP contribution in [0, 0.1) is 18.3 Å². The number of aromatic nitrogens is 3. The van der Waals surface area contributed by atoms with Crippen LogP contribution < -0.4 is 5.32 Å². The van der Waals surface area contributed by atoms with E-state index in [1.165, 1.54) is 0 Å². The van der Waals surface area contributed by atoms with Crippen molar-refractivity contribution in [3.8, 4) is 6.07 Å². The lowest BCUT2D eigenvalue weighted by Gasteiger charge is -2.17. The molecule has 6 nitrogen and oxygen atoms in total. The normalized spacial score (nSPS) is 17.3. The number of nitriles is 1. The zero-order valence-electron chi connectivity index (χ0n) is 16.2. The third kappa shape index (κ3) is 3.06. The van der Waals surface area contributed by atoms with E-state index >= 15 is 0 Å². The molecule has 0 saturated carbocycles. The summed E-state index contributed by atoms with van der Waals surface area (Å²) < 4.78 is 15.4. The number of hydrogen-bond donors (Lipinski definition) is 1. The number of nitrogens with zero attached hydrogens (tertiary/aromatic N) is 5. The van der Waals surface area contributed by atoms with Gasteiger partial charge in [0.1, 0.15) is 17.9 Å². The molecule has 1 N–H and O–H groups in total. The minimum atomic E-state index is -0.708. The minimum Gasteiger partial charge on any atom is -0.383 e. The zero-order chi connectivity index (χ0) is 20.0. The van der Waals surface area contributed by atoms with Gasteiger partial charge in [-0.2, -0.15) is 5.26 Å². The third-order valence-corrected chi connectivity index (χ3v) is 5.55. The molecule has 1 aliphatic heterocycles. The van der Waals surface area contributed by atoms with Gasteiger partial charge in [-0.1, -0.05) is 12.1 Å². The molecule has 1 atom stereocenters. The van der Waals surface area contributed by atoms with Gasteiger partial charge in [0.25, 0.3) is 0 Å². The summed E-state index contributed by atoms with van der Waals surface area (Å²) in [5.41, 5.74) is 5.50. The van der Waals surface area contributed by atoms with Crippen molar-refractivity contribution < 1.29 is 4.39 Å². The molecule has 0 radical (unpaired) electrons. The Kier molecular flexibility index (Phi) is 4.29. The number of hydrogen-bond acceptors (Lipinski definition) is 5. The smallest absolute Gasteiger partial charge is 0.157 e. The predicted molar refractivity (Wildman–Crippen MR) is 112 cm³/mol. The highest BCUT2D eigenvalue weighted by Gasteiger charge is 2.21. The van der Waals surface area contributed by atoms with Crippen molar-refractivity contribution in [3.63, 3.8) is 0 Å². The van der Waals surface area contributed by atoms with E-state index in [9.17, 15) is 9.65 Å². The molecule has 0 aliphatic carbocycles. The van der Waals surface area contributed by atoms with Crippen molar-refractivity contribution in [1.82, 2.24) is 19.3 Å². The molecule has 3 aromatic heterocycles. The lowest BCUT2D eigenvalue weighted by atomic mass is 10.1. The minimum absolute atomic E-state index is 0.512. The number of benzene rings is 1. The predicted octanol–water partition coefficient (Wildman–Crippen LogP) is 3.67. The highest BCUT2D eigenvalue weighted by atomic mass is 19.1. The summed E-state index contributed by atoms with van der Waals surface area (Å²) >= 11 is 0. The van der Waals surface area contributed by atoms with Crippen LogP contribution in [0.1, 0.15) is 17.7 Å². The monoisotopic (exact) mass is 388 g/mol. The maximum Gasteiger partial charge on any atom is 0.157 e. The van der Waals surface area contributed by atoms with Crippen LogP contribution >= 0.6 is 0 Å². The molecule has 7 heteroatoms. The summed E-state index contributed by atoms with van der Waals surface area (Å²) in [7, 11) is 0. The van der Waals surface area contributed by atoms with E-state index in [0.29, 0.717) is 30.7 Å². The van der Waals surface area contributed by atoms with E-state index in [2.05, 4.69) is 21.3 Å². The second kappa shape index (κ2) is 6.98. The largest absolute Gasteiger partial charge is 0.383 e. The zero-order valence-corrected chi connectivity index (χ0v) is 16.2. The Bertz CT molecular complexity index is 1270. The molecular weight excluding hydrogens is 367 g/mol. The first-order chi connectivity index (χ1) is 14.1. The van der Waals surface area contributed by atoms with Gasteiger partial charge in [0.2, 0.25) is 0 Å². The van der Waals surface area contributed by atoms with Crippen molar-refractivity contribution in [2.75, 3.05) is 31.5 Å². The highest BCUT2D eigenvalue weighted by Crippen LogP contribution is 2.29. The molecular formula is C22H21FN6. The molecule has 4 heterocycles. The molecule has 4 aromatic rings. The fourth-order valence-electron chi connectivity index (χ4n) is 4.18. The van der Waals surface area contributed by atoms with Crippen molar-refractivity contribution in [3.05, 3.63) is 47.7 Å². The second-order valence-electron chi connectivity index (χ2n) is 7.59. The lowest BCUT2D eigenvalue weighted by Crippen LogP contribution is -2.27. The summed E-state index contributed by atoms with van der Waals surface area (Å²) in [5, 5.41) is 14.1. The molecule has 0 bridgehead atoms. The number of pyridine rings is 2. The number of fused-ring (bicyclic) bond motifs is 5. The number of rotatable bonds is 4. The molecule has 1 aromatic carbocycles. The maximum absolute atomic E-state index is 13.4. The Morgan fingerprint density at radius 1 is 1.24 bits per heavy atom. The van der Waals surface area contributed by atoms with Crippen molar-refractivity contribution in [2.24, 2.45) is 0 Å². The highest BCUT2D eigenvalue weighted by molar-refractivity contribution is 5.97. The van der Waals surface area contributed by atoms with Crippen LogP contribution in [0.25, 0.3) is 27.7 Å². The van der Waals surface area contributed by atoms with E-state index < -0.39 is 6.17 Å². The molecule has 0 spiro atoms. The number of alkyl halides is 1. The van der Waals surface area contributed by atoms with Gasteiger partial charge in [-0.05, 0) is 37.6 Å². The fraction of sp³-hybridized carbons (Fsp3) is 0.318. The van der Waals surface area contributed by atoms with Crippen LogP contribution in [0.3, 0.4) is 0 Å². The van der Waals surface area contributed by atoms with Crippen LogP contribution in [0.15, 0.2) is 36.4 Å². The van der Waals surface area contributed by atoms with Crippen LogP contribution in [0.2, 0.25) is 0 Å². The average Bonchev–Trinajstić information content (AvgIpc) is 3.31. The van der Waals surface area contributed by atoms with E-state index in [1.54, 1.807) is 0 Å². The van der Waals surface area contributed by atoms with Crippen LogP contribution in [0.5, 0.6) is 0 Å². The van der Waals surface area contributed by atoms with Crippen LogP contribution in [-0.2, 0) is 0 Å². The summed E-state index contributed by atoms with van der Waals surface area (Å²) in [6.45, 7) is 4.76. The number of para-hydroxylation sites is 2. The summed E-state index contributed by atoms with van der Waals surface area (Å²) in [5.74, 6) is 0. The molecule has 5 rings (SSSR count). The molecule has 1 saturated heterocycles. The second-order valence-corrected chi connectivity index (χ2v) is 7.59. The molecule has 1 fully saturated rings. The number of likely N-dealkylation sites (tertiary alicyclic amines) is 1. The van der Waals surface area contributed by atoms with Gasteiger partial charge >= 0.3 is 0 Å². The van der Waals surface area contributed by atoms with Gasteiger partial charge in [-0.25, -0.2) is 14.4 Å². The Morgan fingerprint density at radius 2 is 2.10 bits per heavy atom. The quantitative estimate of drug-likeness (QED) is 0.578. The lowest BCUT2D eigenvalue weighted by molar-refractivity contribution is 0.295. The average molecular weight is 388 g/mol. The Morgan fingerprint density at radius 3 is 2.90 bits per heavy atom. The number of nitrogens with one attached hydrogen (secondary N) is 1. The summed E-state index contributed by atoms with van der Waals surface area (Å²) in [6, 6.07) is 14.0. The molecule has 29 heavy (non-hydrogen) atoms. The first-order valence-electron chi connectivity index (χ1n) is 9.86. The first-order valence-corrected chi connectivity index (χ1v) is 9.86. The van der Waals surface area contributed by atoms with Gasteiger partial charge in [0.15, 0.2) is 5.65 Å². The fourth-order valence-corrected chi connectivity index (χ4v) is 4.18. The molecule has 0 amide bonds. The molecule has 1 unspecified atom stereocenters. The summed E-state index contributed by atoms with van der Waals surface area (Å²) in [4.78, 5) is 11.6. The van der Waals surface area contributed by atoms with E-state index in [0.717, 1.165) is 46.5 Å². The van der Waals surface area contributed by atoms with Gasteiger partial charge in [0.05, 0.1) is 16.6 Å². The van der Waals surface area contributed by atoms with Gasteiger partial charge in [-0.15, -0.1) is 0 Å². The topological polar surface area (TPSA) is 69.2 Å². The van der Waals surface area contributed by atoms with Crippen molar-refractivity contribution in [1.29, 1.82) is 5.26 Å². The number of halogens is 1. The number of anilines is 1. The molecule has 146 valence electrons. The SMILES string of the molecule is Cc1cc(NCCN2CCC(F)C2)c2cc(C#N)c3nc4ccccc4n3c2n1. The van der Waals surface area contributed by atoms with E-state index in [-0.39, 0.29) is 0 Å². The van der Waals surface area contributed by atoms with Crippen molar-refractivity contribution in [2.45, 2.75) is 19.5 Å². The van der Waals surface area contributed by atoms with Gasteiger partial charge in [0, 0.05) is 42.9 Å². The van der Waals surface area contributed by atoms with Crippen LogP contribution in [-0.4, -0.2) is 51.6 Å². The maximum atomic E-state index is 13.4. The Labute approximate surface area is 167 Å². The molecule has 1 aliphatic rings. The van der Waals surface area contributed by atoms with E-state index in [1.807, 2.05) is 47.7 Å². The van der Waals surface area contributed by atoms with Crippen molar-refractivity contribution >= 4 is 33.4 Å². The Hall–Kier alpha value is -3.24. The third-order valence-electron chi connectivity index (χ3n) is 5.55. The number of aryl methyl sites for hydroxylation is 1. The standard InChI is InChI=1S/C22H21FN6/c1-14-10-19(25-7-9-28-8-6-16(23)13-28)17-11-15(12-24)21-27-18-4-2-3-5-20(18)29(21)22(17)26-14/h2-5,10-11,16H,6-9,13H2,1H3,(H,25,26). The first kappa shape index (κ1) is 17.8. The number of imidazole rings is 1. The van der Waals surface area contributed by atoms with E-state index in [4.69, 9.17) is 4.98 Å². The van der Waals surface area contributed by atoms with Crippen LogP contribution in [0.4, 0.5) is 10.1 Å².